The second-order valence-electron chi connectivity index (χ2n) is 10.2. The Morgan fingerprint density at radius 3 is 2.15 bits per heavy atom. The van der Waals surface area contributed by atoms with Crippen LogP contribution in [0.3, 0.4) is 0 Å². The van der Waals surface area contributed by atoms with Gasteiger partial charge in [-0.25, -0.2) is 4.79 Å². The van der Waals surface area contributed by atoms with Crippen molar-refractivity contribution in [2.24, 2.45) is 11.3 Å². The van der Waals surface area contributed by atoms with Gasteiger partial charge in [-0.2, -0.15) is 0 Å². The topological polar surface area (TPSA) is 96.0 Å². The number of rotatable bonds is 6. The standard InChI is InChI=1S/C26H35N3O5/c1-18(30)27-22(25(33)34-2)16-24(32)29-12-9-26(17-29)7-10-28(11-8-26)23(31)15-19-13-20-5-3-4-6-21(20)14-19/h3-6,19,22H,7-17H2,1-2H3,(H,27,30). The van der Waals surface area contributed by atoms with E-state index in [1.807, 2.05) is 4.90 Å². The number of hydrogen-bond donors (Lipinski definition) is 1. The van der Waals surface area contributed by atoms with Crippen LogP contribution in [0.2, 0.25) is 0 Å². The van der Waals surface area contributed by atoms with E-state index in [-0.39, 0.29) is 29.6 Å². The van der Waals surface area contributed by atoms with Crippen LogP contribution in [-0.4, -0.2) is 72.8 Å². The van der Waals surface area contributed by atoms with Gasteiger partial charge < -0.3 is 19.9 Å². The molecule has 4 rings (SSSR count). The predicted octanol–water partition coefficient (Wildman–Crippen LogP) is 1.70. The minimum atomic E-state index is -0.965. The maximum absolute atomic E-state index is 13.0. The Labute approximate surface area is 201 Å². The van der Waals surface area contributed by atoms with Crippen LogP contribution in [0, 0.1) is 11.3 Å². The number of carbonyl (C=O) groups is 4. The number of carbonyl (C=O) groups excluding carboxylic acids is 4. The Bertz CT molecular complexity index is 929. The number of likely N-dealkylation sites (tertiary alicyclic amines) is 2. The van der Waals surface area contributed by atoms with Gasteiger partial charge in [0.15, 0.2) is 0 Å². The molecule has 8 heteroatoms. The third-order valence-electron chi connectivity index (χ3n) is 7.81. The lowest BCUT2D eigenvalue weighted by molar-refractivity contribution is -0.147. The lowest BCUT2D eigenvalue weighted by Gasteiger charge is -2.39. The maximum Gasteiger partial charge on any atom is 0.328 e. The first-order chi connectivity index (χ1) is 16.3. The second kappa shape index (κ2) is 10.2. The van der Waals surface area contributed by atoms with Crippen molar-refractivity contribution in [1.82, 2.24) is 15.1 Å². The summed E-state index contributed by atoms with van der Waals surface area (Å²) in [4.78, 5) is 52.9. The van der Waals surface area contributed by atoms with Gasteiger partial charge in [0, 0.05) is 39.5 Å². The van der Waals surface area contributed by atoms with Gasteiger partial charge in [0.1, 0.15) is 6.04 Å². The molecule has 1 aliphatic carbocycles. The van der Waals surface area contributed by atoms with Crippen molar-refractivity contribution in [2.75, 3.05) is 33.3 Å². The summed E-state index contributed by atoms with van der Waals surface area (Å²) in [7, 11) is 1.24. The molecule has 184 valence electrons. The summed E-state index contributed by atoms with van der Waals surface area (Å²) in [5, 5.41) is 2.50. The van der Waals surface area contributed by atoms with Crippen molar-refractivity contribution in [3.63, 3.8) is 0 Å². The number of nitrogens with one attached hydrogen (secondary N) is 1. The molecule has 0 aromatic heterocycles. The Morgan fingerprint density at radius 2 is 1.59 bits per heavy atom. The molecule has 0 radical (unpaired) electrons. The molecule has 8 nitrogen and oxygen atoms in total. The summed E-state index contributed by atoms with van der Waals surface area (Å²) in [5.74, 6) is -0.504. The molecule has 0 saturated carbocycles. The molecule has 2 saturated heterocycles. The fourth-order valence-electron chi connectivity index (χ4n) is 5.84. The van der Waals surface area contributed by atoms with E-state index in [2.05, 4.69) is 29.6 Å². The van der Waals surface area contributed by atoms with Crippen LogP contribution < -0.4 is 5.32 Å². The van der Waals surface area contributed by atoms with Crippen LogP contribution in [0.1, 0.15) is 50.2 Å². The number of ether oxygens (including phenoxy) is 1. The smallest absolute Gasteiger partial charge is 0.328 e. The maximum atomic E-state index is 13.0. The predicted molar refractivity (Wildman–Crippen MR) is 126 cm³/mol. The minimum Gasteiger partial charge on any atom is -0.467 e. The molecule has 1 atom stereocenters. The van der Waals surface area contributed by atoms with Crippen LogP contribution in [0.15, 0.2) is 24.3 Å². The number of nitrogens with zero attached hydrogens (tertiary/aromatic N) is 2. The third kappa shape index (κ3) is 5.42. The highest BCUT2D eigenvalue weighted by molar-refractivity contribution is 5.89. The summed E-state index contributed by atoms with van der Waals surface area (Å²) in [6.45, 7) is 4.06. The van der Waals surface area contributed by atoms with Gasteiger partial charge in [-0.05, 0) is 54.6 Å². The zero-order valence-electron chi connectivity index (χ0n) is 20.2. The molecule has 1 spiro atoms. The van der Waals surface area contributed by atoms with Crippen molar-refractivity contribution >= 4 is 23.7 Å². The summed E-state index contributed by atoms with van der Waals surface area (Å²) < 4.78 is 4.72. The summed E-state index contributed by atoms with van der Waals surface area (Å²) >= 11 is 0. The molecular weight excluding hydrogens is 434 g/mol. The molecular formula is C26H35N3O5. The zero-order valence-corrected chi connectivity index (χ0v) is 20.2. The van der Waals surface area contributed by atoms with Gasteiger partial charge in [0.2, 0.25) is 17.7 Å². The van der Waals surface area contributed by atoms with Crippen LogP contribution in [0.5, 0.6) is 0 Å². The first-order valence-corrected chi connectivity index (χ1v) is 12.3. The number of hydrogen-bond acceptors (Lipinski definition) is 5. The van der Waals surface area contributed by atoms with E-state index < -0.39 is 12.0 Å². The van der Waals surface area contributed by atoms with Crippen LogP contribution in [0.4, 0.5) is 0 Å². The lowest BCUT2D eigenvalue weighted by atomic mass is 9.77. The Kier molecular flexibility index (Phi) is 7.24. The van der Waals surface area contributed by atoms with Gasteiger partial charge in [0.05, 0.1) is 13.5 Å². The summed E-state index contributed by atoms with van der Waals surface area (Å²) in [6.07, 6.45) is 5.16. The first-order valence-electron chi connectivity index (χ1n) is 12.3. The number of benzene rings is 1. The largest absolute Gasteiger partial charge is 0.467 e. The molecule has 3 amide bonds. The van der Waals surface area contributed by atoms with E-state index in [1.54, 1.807) is 4.90 Å². The molecule has 1 unspecified atom stereocenters. The lowest BCUT2D eigenvalue weighted by Crippen LogP contribution is -2.46. The van der Waals surface area contributed by atoms with Crippen LogP contribution in [0.25, 0.3) is 0 Å². The van der Waals surface area contributed by atoms with E-state index >= 15 is 0 Å². The Morgan fingerprint density at radius 1 is 1.00 bits per heavy atom. The van der Waals surface area contributed by atoms with Gasteiger partial charge in [-0.1, -0.05) is 24.3 Å². The van der Waals surface area contributed by atoms with Crippen LogP contribution in [-0.2, 0) is 36.8 Å². The number of methoxy groups -OCH3 is 1. The van der Waals surface area contributed by atoms with Crippen molar-refractivity contribution < 1.29 is 23.9 Å². The van der Waals surface area contributed by atoms with Crippen molar-refractivity contribution in [3.8, 4) is 0 Å². The summed E-state index contributed by atoms with van der Waals surface area (Å²) in [5.41, 5.74) is 2.79. The molecule has 2 heterocycles. The van der Waals surface area contributed by atoms with Gasteiger partial charge in [0.25, 0.3) is 0 Å². The van der Waals surface area contributed by atoms with Gasteiger partial charge in [-0.3, -0.25) is 14.4 Å². The first kappa shape index (κ1) is 24.2. The number of fused-ring (bicyclic) bond motifs is 1. The third-order valence-corrected chi connectivity index (χ3v) is 7.81. The number of amides is 3. The molecule has 34 heavy (non-hydrogen) atoms. The monoisotopic (exact) mass is 469 g/mol. The molecule has 1 aromatic carbocycles. The molecule has 0 bridgehead atoms. The average Bonchev–Trinajstić information content (AvgIpc) is 3.42. The fraction of sp³-hybridized carbons (Fsp3) is 0.615. The number of piperidine rings is 1. The normalized spacial score (nSPS) is 20.2. The zero-order chi connectivity index (χ0) is 24.3. The quantitative estimate of drug-likeness (QED) is 0.640. The minimum absolute atomic E-state index is 0.0325. The van der Waals surface area contributed by atoms with Crippen molar-refractivity contribution in [3.05, 3.63) is 35.4 Å². The highest BCUT2D eigenvalue weighted by Gasteiger charge is 2.43. The van der Waals surface area contributed by atoms with E-state index in [1.165, 1.54) is 25.2 Å². The molecule has 2 aliphatic heterocycles. The van der Waals surface area contributed by atoms with E-state index in [9.17, 15) is 19.2 Å². The highest BCUT2D eigenvalue weighted by atomic mass is 16.5. The average molecular weight is 470 g/mol. The highest BCUT2D eigenvalue weighted by Crippen LogP contribution is 2.41. The van der Waals surface area contributed by atoms with Gasteiger partial charge in [-0.15, -0.1) is 0 Å². The van der Waals surface area contributed by atoms with Crippen LogP contribution >= 0.6 is 0 Å². The van der Waals surface area contributed by atoms with Crippen molar-refractivity contribution in [2.45, 2.75) is 57.9 Å². The Balaban J connectivity index is 1.25. The fourth-order valence-corrected chi connectivity index (χ4v) is 5.84. The molecule has 3 aliphatic rings. The SMILES string of the molecule is COC(=O)C(CC(=O)N1CCC2(CCN(C(=O)CC3Cc4ccccc4C3)CC2)C1)NC(C)=O. The van der Waals surface area contributed by atoms with E-state index in [0.29, 0.717) is 25.4 Å². The molecule has 1 aromatic rings. The van der Waals surface area contributed by atoms with Gasteiger partial charge >= 0.3 is 5.97 Å². The second-order valence-corrected chi connectivity index (χ2v) is 10.2. The Hall–Kier alpha value is -2.90. The van der Waals surface area contributed by atoms with E-state index in [0.717, 1.165) is 45.2 Å². The van der Waals surface area contributed by atoms with Crippen molar-refractivity contribution in [1.29, 1.82) is 0 Å². The molecule has 2 fully saturated rings. The number of esters is 1. The van der Waals surface area contributed by atoms with E-state index in [4.69, 9.17) is 4.74 Å². The summed E-state index contributed by atoms with van der Waals surface area (Å²) in [6, 6.07) is 7.51. The molecule has 1 N–H and O–H groups in total.